The van der Waals surface area contributed by atoms with Crippen LogP contribution in [-0.2, 0) is 11.3 Å². The SMILES string of the molecule is Cc1cc(=O)[nH]c(CNC(=O)C(C)N2C(=O)c3cccc4cccc2c34)n1. The number of nitrogens with one attached hydrogen (secondary N) is 2. The van der Waals surface area contributed by atoms with Crippen molar-refractivity contribution in [2.24, 2.45) is 0 Å². The molecule has 7 heteroatoms. The van der Waals surface area contributed by atoms with Crippen molar-refractivity contribution in [3.8, 4) is 0 Å². The van der Waals surface area contributed by atoms with E-state index in [1.165, 1.54) is 11.0 Å². The van der Waals surface area contributed by atoms with Gasteiger partial charge >= 0.3 is 0 Å². The molecule has 4 rings (SSSR count). The molecular formula is C20H18N4O3. The van der Waals surface area contributed by atoms with Gasteiger partial charge in [0.1, 0.15) is 11.9 Å². The molecule has 1 atom stereocenters. The monoisotopic (exact) mass is 362 g/mol. The molecule has 0 radical (unpaired) electrons. The number of benzene rings is 2. The van der Waals surface area contributed by atoms with E-state index in [-0.39, 0.29) is 23.9 Å². The molecule has 0 saturated heterocycles. The van der Waals surface area contributed by atoms with Crippen LogP contribution in [-0.4, -0.2) is 27.8 Å². The molecule has 1 aromatic heterocycles. The van der Waals surface area contributed by atoms with Gasteiger partial charge in [0.05, 0.1) is 12.2 Å². The van der Waals surface area contributed by atoms with Crippen molar-refractivity contribution in [1.82, 2.24) is 15.3 Å². The molecule has 1 aliphatic rings. The summed E-state index contributed by atoms with van der Waals surface area (Å²) >= 11 is 0. The van der Waals surface area contributed by atoms with Gasteiger partial charge in [-0.1, -0.05) is 24.3 Å². The fraction of sp³-hybridized carbons (Fsp3) is 0.200. The zero-order valence-corrected chi connectivity index (χ0v) is 14.9. The van der Waals surface area contributed by atoms with Crippen molar-refractivity contribution < 1.29 is 9.59 Å². The number of amides is 2. The molecule has 0 spiro atoms. The molecule has 3 aromatic rings. The lowest BCUT2D eigenvalue weighted by atomic mass is 10.1. The van der Waals surface area contributed by atoms with Crippen LogP contribution >= 0.6 is 0 Å². The zero-order chi connectivity index (χ0) is 19.1. The first kappa shape index (κ1) is 17.0. The second-order valence-electron chi connectivity index (χ2n) is 6.58. The fourth-order valence-corrected chi connectivity index (χ4v) is 3.48. The molecule has 0 saturated carbocycles. The number of hydrogen-bond donors (Lipinski definition) is 2. The molecule has 2 amide bonds. The average molecular weight is 362 g/mol. The quantitative estimate of drug-likeness (QED) is 0.741. The maximum Gasteiger partial charge on any atom is 0.259 e. The molecule has 27 heavy (non-hydrogen) atoms. The summed E-state index contributed by atoms with van der Waals surface area (Å²) in [5.74, 6) is -0.137. The van der Waals surface area contributed by atoms with Crippen LogP contribution in [0.2, 0.25) is 0 Å². The standard InChI is InChI=1S/C20H18N4O3/c1-11-9-17(25)23-16(22-11)10-21-19(26)12(2)24-15-8-4-6-13-5-3-7-14(18(13)15)20(24)27/h3-9,12H,10H2,1-2H3,(H,21,26)(H,22,23,25). The van der Waals surface area contributed by atoms with E-state index in [1.54, 1.807) is 19.9 Å². The van der Waals surface area contributed by atoms with Gasteiger partial charge in [-0.2, -0.15) is 0 Å². The van der Waals surface area contributed by atoms with E-state index >= 15 is 0 Å². The molecule has 0 bridgehead atoms. The summed E-state index contributed by atoms with van der Waals surface area (Å²) in [6, 6.07) is 11.9. The number of aromatic amines is 1. The third-order valence-electron chi connectivity index (χ3n) is 4.71. The minimum Gasteiger partial charge on any atom is -0.347 e. The largest absolute Gasteiger partial charge is 0.347 e. The second-order valence-corrected chi connectivity index (χ2v) is 6.58. The molecule has 7 nitrogen and oxygen atoms in total. The smallest absolute Gasteiger partial charge is 0.259 e. The Morgan fingerprint density at radius 3 is 2.70 bits per heavy atom. The van der Waals surface area contributed by atoms with Crippen LogP contribution < -0.4 is 15.8 Å². The number of carbonyl (C=O) groups excluding carboxylic acids is 2. The average Bonchev–Trinajstić information content (AvgIpc) is 2.93. The summed E-state index contributed by atoms with van der Waals surface area (Å²) < 4.78 is 0. The first-order chi connectivity index (χ1) is 13.0. The van der Waals surface area contributed by atoms with Crippen LogP contribution in [0.4, 0.5) is 5.69 Å². The van der Waals surface area contributed by atoms with E-state index in [4.69, 9.17) is 0 Å². The van der Waals surface area contributed by atoms with Crippen molar-refractivity contribution in [3.05, 3.63) is 69.9 Å². The molecule has 2 heterocycles. The number of carbonyl (C=O) groups is 2. The maximum atomic E-state index is 12.9. The number of rotatable bonds is 4. The number of H-pyrrole nitrogens is 1. The Hall–Kier alpha value is -3.48. The van der Waals surface area contributed by atoms with E-state index < -0.39 is 6.04 Å². The van der Waals surface area contributed by atoms with Gasteiger partial charge in [-0.05, 0) is 31.4 Å². The summed E-state index contributed by atoms with van der Waals surface area (Å²) in [7, 11) is 0. The first-order valence-electron chi connectivity index (χ1n) is 8.65. The van der Waals surface area contributed by atoms with Crippen molar-refractivity contribution >= 4 is 28.3 Å². The Labute approximate surface area is 155 Å². The fourth-order valence-electron chi connectivity index (χ4n) is 3.48. The normalized spacial score (nSPS) is 13.9. The van der Waals surface area contributed by atoms with Crippen molar-refractivity contribution in [2.75, 3.05) is 4.90 Å². The molecule has 0 aliphatic carbocycles. The third kappa shape index (κ3) is 2.87. The van der Waals surface area contributed by atoms with Gasteiger partial charge in [-0.25, -0.2) is 4.98 Å². The highest BCUT2D eigenvalue weighted by atomic mass is 16.2. The Kier molecular flexibility index (Phi) is 3.99. The van der Waals surface area contributed by atoms with Crippen LogP contribution in [0, 0.1) is 6.92 Å². The molecule has 1 aliphatic heterocycles. The number of nitrogens with zero attached hydrogens (tertiary/aromatic N) is 2. The van der Waals surface area contributed by atoms with Gasteiger partial charge in [0.25, 0.3) is 11.5 Å². The van der Waals surface area contributed by atoms with E-state index in [1.807, 2.05) is 30.3 Å². The highest BCUT2D eigenvalue weighted by molar-refractivity contribution is 6.26. The van der Waals surface area contributed by atoms with E-state index in [9.17, 15) is 14.4 Å². The molecule has 2 aromatic carbocycles. The van der Waals surface area contributed by atoms with Gasteiger partial charge in [-0.15, -0.1) is 0 Å². The summed E-state index contributed by atoms with van der Waals surface area (Å²) in [4.78, 5) is 45.3. The van der Waals surface area contributed by atoms with Gasteiger partial charge in [-0.3, -0.25) is 19.3 Å². The number of anilines is 1. The Morgan fingerprint density at radius 1 is 1.22 bits per heavy atom. The van der Waals surface area contributed by atoms with Gasteiger partial charge in [0.2, 0.25) is 5.91 Å². The van der Waals surface area contributed by atoms with Crippen LogP contribution in [0.3, 0.4) is 0 Å². The summed E-state index contributed by atoms with van der Waals surface area (Å²) in [5.41, 5.74) is 1.65. The van der Waals surface area contributed by atoms with Gasteiger partial charge in [0.15, 0.2) is 0 Å². The Bertz CT molecular complexity index is 1130. The zero-order valence-electron chi connectivity index (χ0n) is 14.9. The topological polar surface area (TPSA) is 95.2 Å². The molecule has 136 valence electrons. The van der Waals surface area contributed by atoms with Crippen LogP contribution in [0.1, 0.15) is 28.8 Å². The van der Waals surface area contributed by atoms with E-state index in [2.05, 4.69) is 15.3 Å². The second kappa shape index (κ2) is 6.35. The van der Waals surface area contributed by atoms with E-state index in [0.717, 1.165) is 16.5 Å². The maximum absolute atomic E-state index is 12.9. The van der Waals surface area contributed by atoms with Crippen molar-refractivity contribution in [3.63, 3.8) is 0 Å². The van der Waals surface area contributed by atoms with E-state index in [0.29, 0.717) is 17.1 Å². The van der Waals surface area contributed by atoms with Crippen molar-refractivity contribution in [2.45, 2.75) is 26.4 Å². The molecule has 2 N–H and O–H groups in total. The lowest BCUT2D eigenvalue weighted by molar-refractivity contribution is -0.122. The molecule has 1 unspecified atom stereocenters. The molecular weight excluding hydrogens is 344 g/mol. The lowest BCUT2D eigenvalue weighted by Gasteiger charge is -2.24. The third-order valence-corrected chi connectivity index (χ3v) is 4.71. The van der Waals surface area contributed by atoms with Crippen LogP contribution in [0.15, 0.2) is 47.3 Å². The minimum atomic E-state index is -0.702. The predicted octanol–water partition coefficient (Wildman–Crippen LogP) is 1.90. The summed E-state index contributed by atoms with van der Waals surface area (Å²) in [5, 5.41) is 4.58. The molecule has 0 fully saturated rings. The Balaban J connectivity index is 1.57. The van der Waals surface area contributed by atoms with Gasteiger partial charge < -0.3 is 10.3 Å². The van der Waals surface area contributed by atoms with Crippen molar-refractivity contribution in [1.29, 1.82) is 0 Å². The minimum absolute atomic E-state index is 0.0826. The highest BCUT2D eigenvalue weighted by Gasteiger charge is 2.35. The summed E-state index contributed by atoms with van der Waals surface area (Å²) in [6.45, 7) is 3.48. The number of aromatic nitrogens is 2. The van der Waals surface area contributed by atoms with Gasteiger partial charge in [0, 0.05) is 22.7 Å². The first-order valence-corrected chi connectivity index (χ1v) is 8.65. The number of hydrogen-bond acceptors (Lipinski definition) is 4. The predicted molar refractivity (Wildman–Crippen MR) is 102 cm³/mol. The number of aryl methyl sites for hydroxylation is 1. The Morgan fingerprint density at radius 2 is 1.96 bits per heavy atom. The highest BCUT2D eigenvalue weighted by Crippen LogP contribution is 2.38. The summed E-state index contributed by atoms with van der Waals surface area (Å²) in [6.07, 6.45) is 0. The van der Waals surface area contributed by atoms with Crippen LogP contribution in [0.5, 0.6) is 0 Å². The lowest BCUT2D eigenvalue weighted by Crippen LogP contribution is -2.46. The van der Waals surface area contributed by atoms with Crippen LogP contribution in [0.25, 0.3) is 10.8 Å².